The average Bonchev–Trinajstić information content (AvgIpc) is 2.71. The maximum Gasteiger partial charge on any atom is 0.201 e. The predicted molar refractivity (Wildman–Crippen MR) is 101 cm³/mol. The van der Waals surface area contributed by atoms with E-state index in [0.29, 0.717) is 30.4 Å². The van der Waals surface area contributed by atoms with Gasteiger partial charge in [0.25, 0.3) is 0 Å². The molecule has 1 heterocycles. The fraction of sp³-hybridized carbons (Fsp3) is 0.364. The van der Waals surface area contributed by atoms with Crippen molar-refractivity contribution in [1.82, 2.24) is 0 Å². The highest BCUT2D eigenvalue weighted by atomic mass is 19.2. The first kappa shape index (κ1) is 19.4. The van der Waals surface area contributed by atoms with Gasteiger partial charge in [-0.2, -0.15) is 4.39 Å². The Kier molecular flexibility index (Phi) is 6.45. The van der Waals surface area contributed by atoms with E-state index < -0.39 is 11.6 Å². The van der Waals surface area contributed by atoms with E-state index >= 15 is 0 Å². The molecule has 0 bridgehead atoms. The molecule has 0 N–H and O–H groups in total. The zero-order chi connectivity index (χ0) is 19.2. The second kappa shape index (κ2) is 9.00. The lowest BCUT2D eigenvalue weighted by atomic mass is 9.99. The summed E-state index contributed by atoms with van der Waals surface area (Å²) in [6, 6.07) is 9.88. The summed E-state index contributed by atoms with van der Waals surface area (Å²) in [5.74, 6) is -0.876. The van der Waals surface area contributed by atoms with Gasteiger partial charge in [-0.15, -0.1) is 6.58 Å². The average molecular weight is 374 g/mol. The van der Waals surface area contributed by atoms with E-state index in [0.717, 1.165) is 12.8 Å². The Hall–Kier alpha value is -2.40. The van der Waals surface area contributed by atoms with Gasteiger partial charge in [0, 0.05) is 11.5 Å². The van der Waals surface area contributed by atoms with Crippen LogP contribution in [0.1, 0.15) is 19.8 Å². The van der Waals surface area contributed by atoms with Crippen LogP contribution in [0.2, 0.25) is 0 Å². The molecular formula is C22H24F2O3. The monoisotopic (exact) mass is 374 g/mol. The van der Waals surface area contributed by atoms with Crippen molar-refractivity contribution in [1.29, 1.82) is 0 Å². The third-order valence-electron chi connectivity index (χ3n) is 4.69. The van der Waals surface area contributed by atoms with E-state index in [1.807, 2.05) is 6.08 Å². The van der Waals surface area contributed by atoms with Crippen molar-refractivity contribution in [3.8, 4) is 22.6 Å². The quantitative estimate of drug-likeness (QED) is 0.608. The van der Waals surface area contributed by atoms with Gasteiger partial charge < -0.3 is 14.2 Å². The Balaban J connectivity index is 1.62. The normalized spacial score (nSPS) is 19.5. The van der Waals surface area contributed by atoms with Crippen LogP contribution in [0.25, 0.3) is 11.1 Å². The minimum Gasteiger partial charge on any atom is -0.491 e. The molecular weight excluding hydrogens is 350 g/mol. The molecule has 0 aliphatic carbocycles. The Morgan fingerprint density at radius 3 is 2.48 bits per heavy atom. The lowest BCUT2D eigenvalue weighted by Gasteiger charge is -2.27. The third-order valence-corrected chi connectivity index (χ3v) is 4.69. The maximum absolute atomic E-state index is 14.3. The summed E-state index contributed by atoms with van der Waals surface area (Å²) in [5.41, 5.74) is 0.762. The zero-order valence-electron chi connectivity index (χ0n) is 15.4. The minimum atomic E-state index is -0.970. The van der Waals surface area contributed by atoms with E-state index in [4.69, 9.17) is 14.2 Å². The van der Waals surface area contributed by atoms with Crippen LogP contribution >= 0.6 is 0 Å². The van der Waals surface area contributed by atoms with Crippen LogP contribution in [-0.4, -0.2) is 25.9 Å². The second-order valence-corrected chi connectivity index (χ2v) is 6.54. The number of benzene rings is 2. The topological polar surface area (TPSA) is 27.7 Å². The Bertz CT molecular complexity index is 766. The molecule has 144 valence electrons. The highest BCUT2D eigenvalue weighted by molar-refractivity contribution is 5.66. The van der Waals surface area contributed by atoms with E-state index in [2.05, 4.69) is 6.58 Å². The number of hydrogen-bond acceptors (Lipinski definition) is 3. The molecule has 0 radical (unpaired) electrons. The molecule has 27 heavy (non-hydrogen) atoms. The molecule has 2 unspecified atom stereocenters. The first-order chi connectivity index (χ1) is 13.1. The van der Waals surface area contributed by atoms with Crippen molar-refractivity contribution in [3.05, 3.63) is 60.7 Å². The second-order valence-electron chi connectivity index (χ2n) is 6.54. The summed E-state index contributed by atoms with van der Waals surface area (Å²) in [6.07, 6.45) is 3.99. The maximum atomic E-state index is 14.3. The van der Waals surface area contributed by atoms with Gasteiger partial charge >= 0.3 is 0 Å². The van der Waals surface area contributed by atoms with E-state index in [9.17, 15) is 8.78 Å². The smallest absolute Gasteiger partial charge is 0.201 e. The third kappa shape index (κ3) is 4.66. The van der Waals surface area contributed by atoms with Gasteiger partial charge in [-0.3, -0.25) is 0 Å². The fourth-order valence-corrected chi connectivity index (χ4v) is 3.09. The van der Waals surface area contributed by atoms with Crippen molar-refractivity contribution < 1.29 is 23.0 Å². The van der Waals surface area contributed by atoms with Crippen molar-refractivity contribution in [2.24, 2.45) is 5.92 Å². The molecule has 0 aromatic heterocycles. The first-order valence-electron chi connectivity index (χ1n) is 9.20. The van der Waals surface area contributed by atoms with Crippen LogP contribution in [0.15, 0.2) is 49.1 Å². The fourth-order valence-electron chi connectivity index (χ4n) is 3.09. The molecule has 2 aromatic rings. The lowest BCUT2D eigenvalue weighted by molar-refractivity contribution is -0.0274. The Morgan fingerprint density at radius 2 is 1.85 bits per heavy atom. The molecule has 3 nitrogen and oxygen atoms in total. The van der Waals surface area contributed by atoms with Crippen molar-refractivity contribution in [2.45, 2.75) is 25.9 Å². The summed E-state index contributed by atoms with van der Waals surface area (Å²) in [5, 5.41) is 0. The lowest BCUT2D eigenvalue weighted by Crippen LogP contribution is -2.29. The minimum absolute atomic E-state index is 0.0681. The van der Waals surface area contributed by atoms with Crippen LogP contribution in [-0.2, 0) is 4.74 Å². The summed E-state index contributed by atoms with van der Waals surface area (Å²) in [4.78, 5) is 0. The molecule has 5 heteroatoms. The van der Waals surface area contributed by atoms with Gasteiger partial charge in [0.15, 0.2) is 11.6 Å². The van der Waals surface area contributed by atoms with Gasteiger partial charge in [-0.1, -0.05) is 18.2 Å². The van der Waals surface area contributed by atoms with Gasteiger partial charge in [-0.05, 0) is 49.6 Å². The van der Waals surface area contributed by atoms with Crippen molar-refractivity contribution in [2.75, 3.05) is 19.8 Å². The zero-order valence-corrected chi connectivity index (χ0v) is 15.4. The van der Waals surface area contributed by atoms with E-state index in [1.54, 1.807) is 31.2 Å². The Labute approximate surface area is 158 Å². The molecule has 0 spiro atoms. The predicted octanol–water partition coefficient (Wildman–Crippen LogP) is 5.39. The molecule has 2 atom stereocenters. The van der Waals surface area contributed by atoms with Crippen LogP contribution in [0.5, 0.6) is 11.5 Å². The summed E-state index contributed by atoms with van der Waals surface area (Å²) < 4.78 is 45.0. The Morgan fingerprint density at radius 1 is 1.07 bits per heavy atom. The summed E-state index contributed by atoms with van der Waals surface area (Å²) >= 11 is 0. The SMILES string of the molecule is C=CC1CCC(COc2ccc(-c3ccc(OCC)c(F)c3F)cc2)OC1. The number of hydrogen-bond donors (Lipinski definition) is 0. The molecule has 0 saturated carbocycles. The standard InChI is InChI=1S/C22H24F2O3/c1-3-15-5-8-18(26-13-15)14-27-17-9-6-16(7-10-17)19-11-12-20(25-4-2)22(24)21(19)23/h3,6-7,9-12,15,18H,1,4-5,8,13-14H2,2H3. The van der Waals surface area contributed by atoms with Crippen molar-refractivity contribution in [3.63, 3.8) is 0 Å². The number of ether oxygens (including phenoxy) is 3. The number of halogens is 2. The summed E-state index contributed by atoms with van der Waals surface area (Å²) in [6.45, 7) is 6.94. The molecule has 2 aromatic carbocycles. The van der Waals surface area contributed by atoms with Gasteiger partial charge in [-0.25, -0.2) is 4.39 Å². The number of rotatable bonds is 7. The van der Waals surface area contributed by atoms with Gasteiger partial charge in [0.2, 0.25) is 5.82 Å². The van der Waals surface area contributed by atoms with E-state index in [-0.39, 0.29) is 24.0 Å². The molecule has 1 aliphatic rings. The molecule has 3 rings (SSSR count). The van der Waals surface area contributed by atoms with Crippen LogP contribution < -0.4 is 9.47 Å². The largest absolute Gasteiger partial charge is 0.491 e. The molecule has 0 amide bonds. The van der Waals surface area contributed by atoms with Gasteiger partial charge in [0.1, 0.15) is 12.4 Å². The molecule has 1 saturated heterocycles. The molecule has 1 fully saturated rings. The van der Waals surface area contributed by atoms with E-state index in [1.165, 1.54) is 12.1 Å². The molecule has 1 aliphatic heterocycles. The summed E-state index contributed by atoms with van der Waals surface area (Å²) in [7, 11) is 0. The van der Waals surface area contributed by atoms with Gasteiger partial charge in [0.05, 0.1) is 19.3 Å². The van der Waals surface area contributed by atoms with Crippen LogP contribution in [0.3, 0.4) is 0 Å². The van der Waals surface area contributed by atoms with Crippen LogP contribution in [0.4, 0.5) is 8.78 Å². The highest BCUT2D eigenvalue weighted by Gasteiger charge is 2.20. The van der Waals surface area contributed by atoms with Crippen molar-refractivity contribution >= 4 is 0 Å². The van der Waals surface area contributed by atoms with Crippen LogP contribution in [0, 0.1) is 17.6 Å². The first-order valence-corrected chi connectivity index (χ1v) is 9.20. The highest BCUT2D eigenvalue weighted by Crippen LogP contribution is 2.31.